The number of nitrogens with one attached hydrogen (secondary N) is 2. The molecular weight excluding hydrogens is 240 g/mol. The molecule has 0 aromatic carbocycles. The summed E-state index contributed by atoms with van der Waals surface area (Å²) in [5.41, 5.74) is 2.97. The molecule has 2 N–H and O–H groups in total. The standard InChI is InChI=1S/C13H14N6/c14-7-10-6-9-2-1-3-11(9)18-13(10)15-5-4-12-16-8-17-19-12/h6,8H,1-5H2,(H,15,18)(H,16,17,19). The SMILES string of the molecule is N#Cc1cc2c(nc1NCCc1ncn[nH]1)CCC2. The van der Waals surface area contributed by atoms with Gasteiger partial charge >= 0.3 is 0 Å². The van der Waals surface area contributed by atoms with Crippen molar-refractivity contribution in [2.24, 2.45) is 0 Å². The minimum Gasteiger partial charge on any atom is -0.369 e. The van der Waals surface area contributed by atoms with Crippen molar-refractivity contribution in [3.8, 4) is 6.07 Å². The molecule has 0 bridgehead atoms. The van der Waals surface area contributed by atoms with E-state index < -0.39 is 0 Å². The van der Waals surface area contributed by atoms with Gasteiger partial charge in [-0.2, -0.15) is 10.4 Å². The van der Waals surface area contributed by atoms with Crippen molar-refractivity contribution in [1.82, 2.24) is 20.2 Å². The van der Waals surface area contributed by atoms with Crippen molar-refractivity contribution in [2.75, 3.05) is 11.9 Å². The Bertz CT molecular complexity index is 611. The summed E-state index contributed by atoms with van der Waals surface area (Å²) < 4.78 is 0. The molecule has 0 radical (unpaired) electrons. The number of aryl methyl sites for hydroxylation is 2. The molecule has 19 heavy (non-hydrogen) atoms. The maximum atomic E-state index is 9.17. The van der Waals surface area contributed by atoms with E-state index in [4.69, 9.17) is 0 Å². The van der Waals surface area contributed by atoms with Gasteiger partial charge in [0, 0.05) is 18.7 Å². The maximum absolute atomic E-state index is 9.17. The molecule has 3 rings (SSSR count). The fourth-order valence-electron chi connectivity index (χ4n) is 2.34. The zero-order valence-electron chi connectivity index (χ0n) is 10.5. The van der Waals surface area contributed by atoms with Crippen molar-refractivity contribution < 1.29 is 0 Å². The van der Waals surface area contributed by atoms with Crippen LogP contribution in [0.3, 0.4) is 0 Å². The van der Waals surface area contributed by atoms with Gasteiger partial charge in [0.2, 0.25) is 0 Å². The Morgan fingerprint density at radius 1 is 1.42 bits per heavy atom. The molecule has 0 saturated carbocycles. The van der Waals surface area contributed by atoms with Gasteiger partial charge in [-0.05, 0) is 30.9 Å². The van der Waals surface area contributed by atoms with E-state index in [2.05, 4.69) is 31.6 Å². The summed E-state index contributed by atoms with van der Waals surface area (Å²) in [5, 5.41) is 19.0. The Hall–Kier alpha value is -2.42. The molecule has 6 nitrogen and oxygen atoms in total. The van der Waals surface area contributed by atoms with E-state index in [9.17, 15) is 5.26 Å². The van der Waals surface area contributed by atoms with Crippen LogP contribution in [0.2, 0.25) is 0 Å². The highest BCUT2D eigenvalue weighted by Crippen LogP contribution is 2.24. The van der Waals surface area contributed by atoms with Gasteiger partial charge in [0.15, 0.2) is 0 Å². The molecule has 0 fully saturated rings. The topological polar surface area (TPSA) is 90.3 Å². The lowest BCUT2D eigenvalue weighted by Gasteiger charge is -2.08. The molecule has 0 atom stereocenters. The largest absolute Gasteiger partial charge is 0.369 e. The number of pyridine rings is 1. The van der Waals surface area contributed by atoms with Gasteiger partial charge in [-0.15, -0.1) is 0 Å². The third kappa shape index (κ3) is 2.40. The number of hydrogen-bond donors (Lipinski definition) is 2. The zero-order valence-corrected chi connectivity index (χ0v) is 10.5. The molecule has 1 aliphatic rings. The van der Waals surface area contributed by atoms with Crippen LogP contribution in [0.25, 0.3) is 0 Å². The number of aromatic nitrogens is 4. The summed E-state index contributed by atoms with van der Waals surface area (Å²) in [7, 11) is 0. The van der Waals surface area contributed by atoms with Crippen LogP contribution in [-0.4, -0.2) is 26.7 Å². The third-order valence-corrected chi connectivity index (χ3v) is 3.29. The Morgan fingerprint density at radius 2 is 2.37 bits per heavy atom. The first-order valence-electron chi connectivity index (χ1n) is 6.38. The molecule has 96 valence electrons. The predicted octanol–water partition coefficient (Wildman–Crippen LogP) is 1.21. The molecular formula is C13H14N6. The first kappa shape index (κ1) is 11.7. The van der Waals surface area contributed by atoms with Crippen molar-refractivity contribution >= 4 is 5.82 Å². The van der Waals surface area contributed by atoms with E-state index in [1.54, 1.807) is 0 Å². The highest BCUT2D eigenvalue weighted by Gasteiger charge is 2.16. The van der Waals surface area contributed by atoms with E-state index in [1.807, 2.05) is 6.07 Å². The number of hydrogen-bond acceptors (Lipinski definition) is 5. The molecule has 2 heterocycles. The summed E-state index contributed by atoms with van der Waals surface area (Å²) in [6.45, 7) is 0.676. The van der Waals surface area contributed by atoms with Gasteiger partial charge in [0.05, 0.1) is 5.56 Å². The Morgan fingerprint density at radius 3 is 3.16 bits per heavy atom. The summed E-state index contributed by atoms with van der Waals surface area (Å²) in [5.74, 6) is 1.51. The van der Waals surface area contributed by atoms with Crippen LogP contribution < -0.4 is 5.32 Å². The van der Waals surface area contributed by atoms with E-state index in [-0.39, 0.29) is 0 Å². The number of nitriles is 1. The Kier molecular flexibility index (Phi) is 3.11. The van der Waals surface area contributed by atoms with E-state index in [0.29, 0.717) is 17.9 Å². The van der Waals surface area contributed by atoms with Crippen molar-refractivity contribution in [3.05, 3.63) is 35.0 Å². The van der Waals surface area contributed by atoms with Gasteiger partial charge in [-0.1, -0.05) is 0 Å². The van der Waals surface area contributed by atoms with Crippen LogP contribution in [0.4, 0.5) is 5.82 Å². The number of H-pyrrole nitrogens is 1. The second-order valence-electron chi connectivity index (χ2n) is 4.56. The van der Waals surface area contributed by atoms with E-state index in [1.165, 1.54) is 11.9 Å². The summed E-state index contributed by atoms with van der Waals surface area (Å²) >= 11 is 0. The lowest BCUT2D eigenvalue weighted by atomic mass is 10.1. The van der Waals surface area contributed by atoms with Gasteiger partial charge < -0.3 is 5.32 Å². The average molecular weight is 254 g/mol. The molecule has 2 aromatic heterocycles. The molecule has 6 heteroatoms. The average Bonchev–Trinajstić information content (AvgIpc) is 3.08. The fraction of sp³-hybridized carbons (Fsp3) is 0.385. The Balaban J connectivity index is 1.72. The molecule has 0 spiro atoms. The van der Waals surface area contributed by atoms with Crippen LogP contribution in [0.15, 0.2) is 12.4 Å². The van der Waals surface area contributed by atoms with Crippen LogP contribution in [0, 0.1) is 11.3 Å². The normalized spacial score (nSPS) is 13.0. The third-order valence-electron chi connectivity index (χ3n) is 3.29. The quantitative estimate of drug-likeness (QED) is 0.856. The van der Waals surface area contributed by atoms with Crippen LogP contribution in [0.1, 0.15) is 29.1 Å². The second kappa shape index (κ2) is 5.06. The molecule has 0 unspecified atom stereocenters. The lowest BCUT2D eigenvalue weighted by molar-refractivity contribution is 0.887. The van der Waals surface area contributed by atoms with E-state index in [0.717, 1.165) is 37.2 Å². The summed E-state index contributed by atoms with van der Waals surface area (Å²) in [6.07, 6.45) is 5.40. The van der Waals surface area contributed by atoms with Gasteiger partial charge in [-0.25, -0.2) is 9.97 Å². The van der Waals surface area contributed by atoms with Crippen molar-refractivity contribution in [2.45, 2.75) is 25.7 Å². The molecule has 0 aliphatic heterocycles. The molecule has 0 amide bonds. The Labute approximate surface area is 110 Å². The van der Waals surface area contributed by atoms with Crippen molar-refractivity contribution in [3.63, 3.8) is 0 Å². The summed E-state index contributed by atoms with van der Waals surface area (Å²) in [6, 6.07) is 4.17. The second-order valence-corrected chi connectivity index (χ2v) is 4.56. The molecule has 2 aromatic rings. The van der Waals surface area contributed by atoms with E-state index >= 15 is 0 Å². The first-order chi connectivity index (χ1) is 9.36. The predicted molar refractivity (Wildman–Crippen MR) is 69.6 cm³/mol. The number of fused-ring (bicyclic) bond motifs is 1. The zero-order chi connectivity index (χ0) is 13.1. The minimum atomic E-state index is 0.623. The van der Waals surface area contributed by atoms with Crippen molar-refractivity contribution in [1.29, 1.82) is 5.26 Å². The van der Waals surface area contributed by atoms with Gasteiger partial charge in [-0.3, -0.25) is 5.10 Å². The first-order valence-corrected chi connectivity index (χ1v) is 6.38. The molecule has 0 saturated heterocycles. The highest BCUT2D eigenvalue weighted by atomic mass is 15.2. The number of aromatic amines is 1. The monoisotopic (exact) mass is 254 g/mol. The van der Waals surface area contributed by atoms with Gasteiger partial charge in [0.25, 0.3) is 0 Å². The number of nitrogens with zero attached hydrogens (tertiary/aromatic N) is 4. The molecule has 1 aliphatic carbocycles. The maximum Gasteiger partial charge on any atom is 0.144 e. The van der Waals surface area contributed by atoms with Crippen LogP contribution in [0.5, 0.6) is 0 Å². The summed E-state index contributed by atoms with van der Waals surface area (Å²) in [4.78, 5) is 8.62. The minimum absolute atomic E-state index is 0.623. The van der Waals surface area contributed by atoms with Crippen LogP contribution >= 0.6 is 0 Å². The number of anilines is 1. The highest BCUT2D eigenvalue weighted by molar-refractivity contribution is 5.55. The number of rotatable bonds is 4. The van der Waals surface area contributed by atoms with Crippen LogP contribution in [-0.2, 0) is 19.3 Å². The smallest absolute Gasteiger partial charge is 0.144 e. The fourth-order valence-corrected chi connectivity index (χ4v) is 2.34. The lowest BCUT2D eigenvalue weighted by Crippen LogP contribution is -2.10. The van der Waals surface area contributed by atoms with Gasteiger partial charge in [0.1, 0.15) is 24.0 Å².